The Balaban J connectivity index is 3.60. The first-order chi connectivity index (χ1) is 10.7. The fraction of sp³-hybridized carbons (Fsp3) is 1.00. The van der Waals surface area contributed by atoms with Crippen LogP contribution in [0.2, 0.25) is 0 Å². The van der Waals surface area contributed by atoms with Crippen molar-refractivity contribution in [3.05, 3.63) is 0 Å². The van der Waals surface area contributed by atoms with Gasteiger partial charge in [-0.2, -0.15) is 12.6 Å². The molecule has 8 nitrogen and oxygen atoms in total. The highest BCUT2D eigenvalue weighted by molar-refractivity contribution is 7.81. The topological polar surface area (TPSA) is 134 Å². The highest BCUT2D eigenvalue weighted by atomic mass is 32.3. The number of hydrogen-bond acceptors (Lipinski definition) is 8. The first kappa shape index (κ1) is 22.7. The zero-order valence-corrected chi connectivity index (χ0v) is 14.5. The number of hydrogen-bond donors (Lipinski definition) is 4. The summed E-state index contributed by atoms with van der Waals surface area (Å²) in [5.41, 5.74) is 0. The van der Waals surface area contributed by atoms with Crippen molar-refractivity contribution >= 4 is 10.4 Å². The molecule has 140 valence electrons. The highest BCUT2D eigenvalue weighted by Crippen LogP contribution is 2.14. The van der Waals surface area contributed by atoms with Gasteiger partial charge in [0.05, 0.1) is 6.61 Å². The van der Waals surface area contributed by atoms with Crippen molar-refractivity contribution in [3.8, 4) is 0 Å². The third-order valence-corrected chi connectivity index (χ3v) is 4.19. The molecule has 0 unspecified atom stereocenters. The summed E-state index contributed by atoms with van der Waals surface area (Å²) in [7, 11) is -4.71. The zero-order chi connectivity index (χ0) is 17.8. The van der Waals surface area contributed by atoms with E-state index >= 15 is 0 Å². The van der Waals surface area contributed by atoms with Crippen LogP contribution in [0.15, 0.2) is 0 Å². The largest absolute Gasteiger partial charge is 0.404 e. The number of rotatable bonds is 15. The second-order valence-electron chi connectivity index (χ2n) is 5.53. The molecule has 0 fully saturated rings. The highest BCUT2D eigenvalue weighted by Gasteiger charge is 2.39. The van der Waals surface area contributed by atoms with Gasteiger partial charge in [-0.25, -0.2) is 4.18 Å². The maximum absolute atomic E-state index is 11.2. The van der Waals surface area contributed by atoms with Crippen LogP contribution in [0.4, 0.5) is 0 Å². The van der Waals surface area contributed by atoms with E-state index in [9.17, 15) is 8.42 Å². The van der Waals surface area contributed by atoms with Crippen molar-refractivity contribution in [2.24, 2.45) is 0 Å². The lowest BCUT2D eigenvalue weighted by atomic mass is 10.1. The molecule has 0 aromatic heterocycles. The molecule has 0 rings (SSSR count). The van der Waals surface area contributed by atoms with Crippen LogP contribution in [-0.4, -0.2) is 47.7 Å². The molecule has 0 saturated heterocycles. The Kier molecular flexibility index (Phi) is 12.0. The van der Waals surface area contributed by atoms with Crippen LogP contribution >= 0.6 is 0 Å². The summed E-state index contributed by atoms with van der Waals surface area (Å²) in [6, 6.07) is 0. The molecule has 9 heteroatoms. The smallest absolute Gasteiger partial charge is 0.362 e. The minimum Gasteiger partial charge on any atom is -0.362 e. The molecule has 0 radical (unpaired) electrons. The molecule has 0 heterocycles. The summed E-state index contributed by atoms with van der Waals surface area (Å²) in [4.78, 5) is 0. The van der Waals surface area contributed by atoms with E-state index in [0.29, 0.717) is 6.42 Å². The van der Waals surface area contributed by atoms with Gasteiger partial charge in [-0.05, 0) is 6.42 Å². The average Bonchev–Trinajstić information content (AvgIpc) is 2.43. The van der Waals surface area contributed by atoms with Crippen LogP contribution in [0, 0.1) is 0 Å². The van der Waals surface area contributed by atoms with E-state index in [1.54, 1.807) is 0 Å². The van der Waals surface area contributed by atoms with Crippen LogP contribution in [0.5, 0.6) is 0 Å². The molecule has 0 aliphatic heterocycles. The van der Waals surface area contributed by atoms with E-state index in [2.05, 4.69) is 15.3 Å². The van der Waals surface area contributed by atoms with Gasteiger partial charge in [0, 0.05) is 0 Å². The zero-order valence-electron chi connectivity index (χ0n) is 13.7. The van der Waals surface area contributed by atoms with E-state index in [-0.39, 0.29) is 6.61 Å². The summed E-state index contributed by atoms with van der Waals surface area (Å²) in [5.74, 6) is -3.63. The van der Waals surface area contributed by atoms with Crippen molar-refractivity contribution in [2.45, 2.75) is 83.4 Å². The van der Waals surface area contributed by atoms with E-state index < -0.39 is 22.7 Å². The van der Waals surface area contributed by atoms with E-state index in [4.69, 9.17) is 20.4 Å². The van der Waals surface area contributed by atoms with Crippen LogP contribution in [-0.2, 0) is 18.8 Å². The van der Waals surface area contributed by atoms with Crippen LogP contribution < -0.4 is 0 Å². The van der Waals surface area contributed by atoms with E-state index in [1.807, 2.05) is 0 Å². The van der Waals surface area contributed by atoms with Gasteiger partial charge in [-0.3, -0.25) is 0 Å². The third-order valence-electron chi connectivity index (χ3n) is 3.29. The van der Waals surface area contributed by atoms with Gasteiger partial charge in [-0.15, -0.1) is 0 Å². The molecule has 0 aliphatic rings. The lowest BCUT2D eigenvalue weighted by Gasteiger charge is -2.21. The summed E-state index contributed by atoms with van der Waals surface area (Å²) in [5, 5.41) is 34.8. The van der Waals surface area contributed by atoms with Gasteiger partial charge in [0.1, 0.15) is 0 Å². The molecule has 0 amide bonds. The first-order valence-corrected chi connectivity index (χ1v) is 9.45. The van der Waals surface area contributed by atoms with Crippen molar-refractivity contribution in [1.29, 1.82) is 0 Å². The molecular formula is C14H30O8S. The molecule has 23 heavy (non-hydrogen) atoms. The van der Waals surface area contributed by atoms with Crippen LogP contribution in [0.25, 0.3) is 0 Å². The Bertz CT molecular complexity index is 380. The molecular weight excluding hydrogens is 328 g/mol. The lowest BCUT2D eigenvalue weighted by molar-refractivity contribution is -0.381. The molecule has 0 bridgehead atoms. The van der Waals surface area contributed by atoms with Crippen molar-refractivity contribution in [3.63, 3.8) is 0 Å². The summed E-state index contributed by atoms with van der Waals surface area (Å²) < 4.78 is 30.6. The maximum atomic E-state index is 11.2. The Morgan fingerprint density at radius 3 is 1.74 bits per heavy atom. The van der Waals surface area contributed by atoms with Crippen molar-refractivity contribution < 1.29 is 37.2 Å². The Morgan fingerprint density at radius 1 is 0.870 bits per heavy atom. The lowest BCUT2D eigenvalue weighted by Crippen LogP contribution is -2.46. The standard InChI is InChI=1S/C14H30O8S/c1-2-3-4-5-6-7-8-9-10-11-12-21-23(19,20)22-14(17,18)13(15)16/h13,15-18H,2-12H2,1H3. The predicted octanol–water partition coefficient (Wildman–Crippen LogP) is 1.13. The number of aliphatic hydroxyl groups is 4. The van der Waals surface area contributed by atoms with Gasteiger partial charge in [0.25, 0.3) is 0 Å². The molecule has 0 spiro atoms. The summed E-state index contributed by atoms with van der Waals surface area (Å²) >= 11 is 0. The Morgan fingerprint density at radius 2 is 1.30 bits per heavy atom. The normalized spacial score (nSPS) is 13.0. The predicted molar refractivity (Wildman–Crippen MR) is 83.2 cm³/mol. The van der Waals surface area contributed by atoms with Crippen molar-refractivity contribution in [2.75, 3.05) is 6.61 Å². The molecule has 0 aliphatic carbocycles. The van der Waals surface area contributed by atoms with Crippen LogP contribution in [0.1, 0.15) is 71.1 Å². The summed E-state index contributed by atoms with van der Waals surface area (Å²) in [6.07, 6.45) is 7.96. The molecule has 0 atom stereocenters. The maximum Gasteiger partial charge on any atom is 0.404 e. The Labute approximate surface area is 138 Å². The minimum atomic E-state index is -4.71. The van der Waals surface area contributed by atoms with Gasteiger partial charge < -0.3 is 20.4 Å². The van der Waals surface area contributed by atoms with E-state index in [0.717, 1.165) is 25.7 Å². The molecule has 0 saturated carbocycles. The third kappa shape index (κ3) is 12.8. The summed E-state index contributed by atoms with van der Waals surface area (Å²) in [6.45, 7) is 2.01. The van der Waals surface area contributed by atoms with Crippen LogP contribution in [0.3, 0.4) is 0 Å². The fourth-order valence-electron chi connectivity index (χ4n) is 1.97. The van der Waals surface area contributed by atoms with Crippen molar-refractivity contribution in [1.82, 2.24) is 0 Å². The SMILES string of the molecule is CCCCCCCCCCCCOS(=O)(=O)OC(O)(O)C(O)O. The van der Waals surface area contributed by atoms with Gasteiger partial charge in [0.2, 0.25) is 6.29 Å². The van der Waals surface area contributed by atoms with E-state index in [1.165, 1.54) is 32.1 Å². The molecule has 0 aromatic rings. The Hall–Kier alpha value is -0.290. The first-order valence-electron chi connectivity index (χ1n) is 8.12. The number of aliphatic hydroxyl groups excluding tert-OH is 1. The monoisotopic (exact) mass is 358 g/mol. The fourth-order valence-corrected chi connectivity index (χ4v) is 2.72. The van der Waals surface area contributed by atoms with Gasteiger partial charge in [0.15, 0.2) is 0 Å². The second kappa shape index (κ2) is 12.1. The quantitative estimate of drug-likeness (QED) is 0.253. The average molecular weight is 358 g/mol. The number of unbranched alkanes of at least 4 members (excludes halogenated alkanes) is 9. The molecule has 0 aromatic carbocycles. The molecule has 4 N–H and O–H groups in total. The van der Waals surface area contributed by atoms with Gasteiger partial charge >= 0.3 is 16.4 Å². The van der Waals surface area contributed by atoms with Gasteiger partial charge in [-0.1, -0.05) is 64.7 Å². The second-order valence-corrected chi connectivity index (χ2v) is 6.75. The minimum absolute atomic E-state index is 0.170.